The van der Waals surface area contributed by atoms with Crippen LogP contribution >= 0.6 is 0 Å². The van der Waals surface area contributed by atoms with Gasteiger partial charge >= 0.3 is 0 Å². The van der Waals surface area contributed by atoms with Gasteiger partial charge in [0.25, 0.3) is 0 Å². The monoisotopic (exact) mass is 130 g/mol. The second-order valence-electron chi connectivity index (χ2n) is 2.67. The number of hydrogen-bond acceptors (Lipinski definition) is 0. The molecule has 0 aromatic rings. The Kier molecular flexibility index (Phi) is 2.89. The highest BCUT2D eigenvalue weighted by molar-refractivity contribution is 4.98. The van der Waals surface area contributed by atoms with E-state index in [0.717, 1.165) is 12.8 Å². The van der Waals surface area contributed by atoms with Crippen LogP contribution in [0.15, 0.2) is 12.4 Å². The standard InChI is InChI=1S/C8H15F/c1-5-8(4,6-2)7(3)9/h3,5-6H2,1-2,4H3. The van der Waals surface area contributed by atoms with Gasteiger partial charge in [-0.2, -0.15) is 0 Å². The lowest BCUT2D eigenvalue weighted by molar-refractivity contribution is 0.296. The van der Waals surface area contributed by atoms with Gasteiger partial charge in [-0.3, -0.25) is 0 Å². The van der Waals surface area contributed by atoms with Crippen molar-refractivity contribution >= 4 is 0 Å². The molecule has 0 rings (SSSR count). The first-order chi connectivity index (χ1) is 4.06. The molecular formula is C8H15F. The van der Waals surface area contributed by atoms with Gasteiger partial charge in [0.1, 0.15) is 0 Å². The maximum Gasteiger partial charge on any atom is 0.0986 e. The van der Waals surface area contributed by atoms with Gasteiger partial charge in [-0.1, -0.05) is 27.4 Å². The van der Waals surface area contributed by atoms with Crippen molar-refractivity contribution in [3.05, 3.63) is 12.4 Å². The Labute approximate surface area is 56.8 Å². The first kappa shape index (κ1) is 8.67. The molecule has 0 aliphatic heterocycles. The molecule has 0 unspecified atom stereocenters. The van der Waals surface area contributed by atoms with Crippen molar-refractivity contribution in [2.24, 2.45) is 5.41 Å². The summed E-state index contributed by atoms with van der Waals surface area (Å²) in [6.45, 7) is 9.16. The summed E-state index contributed by atoms with van der Waals surface area (Å²) in [5, 5.41) is 0. The van der Waals surface area contributed by atoms with Crippen LogP contribution in [0.5, 0.6) is 0 Å². The van der Waals surface area contributed by atoms with E-state index in [4.69, 9.17) is 0 Å². The van der Waals surface area contributed by atoms with Crippen LogP contribution in [0.2, 0.25) is 0 Å². The number of halogens is 1. The Morgan fingerprint density at radius 3 is 1.78 bits per heavy atom. The molecule has 0 fully saturated rings. The third-order valence-electron chi connectivity index (χ3n) is 2.22. The minimum absolute atomic E-state index is 0.187. The largest absolute Gasteiger partial charge is 0.212 e. The highest BCUT2D eigenvalue weighted by Gasteiger charge is 2.23. The molecule has 0 aromatic heterocycles. The average Bonchev–Trinajstić information content (AvgIpc) is 1.86. The van der Waals surface area contributed by atoms with Crippen LogP contribution in [0.1, 0.15) is 33.6 Å². The van der Waals surface area contributed by atoms with Gasteiger partial charge in [0.05, 0.1) is 5.83 Å². The van der Waals surface area contributed by atoms with Gasteiger partial charge in [-0.05, 0) is 12.8 Å². The Hall–Kier alpha value is -0.330. The van der Waals surface area contributed by atoms with E-state index in [2.05, 4.69) is 6.58 Å². The predicted octanol–water partition coefficient (Wildman–Crippen LogP) is 3.30. The van der Waals surface area contributed by atoms with Crippen molar-refractivity contribution in [3.63, 3.8) is 0 Å². The molecule has 0 bridgehead atoms. The molecule has 54 valence electrons. The Morgan fingerprint density at radius 1 is 1.44 bits per heavy atom. The molecule has 0 aliphatic rings. The highest BCUT2D eigenvalue weighted by Crippen LogP contribution is 2.33. The topological polar surface area (TPSA) is 0 Å². The number of rotatable bonds is 3. The van der Waals surface area contributed by atoms with Crippen LogP contribution in [0.3, 0.4) is 0 Å². The molecule has 9 heavy (non-hydrogen) atoms. The lowest BCUT2D eigenvalue weighted by atomic mass is 9.84. The SMILES string of the molecule is C=C(F)C(C)(CC)CC. The Bertz CT molecular complexity index is 101. The van der Waals surface area contributed by atoms with E-state index in [1.807, 2.05) is 20.8 Å². The summed E-state index contributed by atoms with van der Waals surface area (Å²) in [5.74, 6) is -0.187. The summed E-state index contributed by atoms with van der Waals surface area (Å²) >= 11 is 0. The van der Waals surface area contributed by atoms with Crippen molar-refractivity contribution in [2.45, 2.75) is 33.6 Å². The van der Waals surface area contributed by atoms with Crippen molar-refractivity contribution in [2.75, 3.05) is 0 Å². The zero-order valence-corrected chi connectivity index (χ0v) is 6.50. The van der Waals surface area contributed by atoms with Gasteiger partial charge in [0, 0.05) is 5.41 Å². The molecule has 0 saturated heterocycles. The lowest BCUT2D eigenvalue weighted by Crippen LogP contribution is -2.13. The fourth-order valence-corrected chi connectivity index (χ4v) is 0.634. The Balaban J connectivity index is 4.09. The molecule has 0 amide bonds. The Morgan fingerprint density at radius 2 is 1.78 bits per heavy atom. The quantitative estimate of drug-likeness (QED) is 0.550. The summed E-state index contributed by atoms with van der Waals surface area (Å²) < 4.78 is 12.6. The van der Waals surface area contributed by atoms with Gasteiger partial charge in [0.2, 0.25) is 0 Å². The zero-order valence-electron chi connectivity index (χ0n) is 6.50. The molecule has 0 aliphatic carbocycles. The molecule has 0 radical (unpaired) electrons. The molecule has 0 atom stereocenters. The number of hydrogen-bond donors (Lipinski definition) is 0. The minimum atomic E-state index is -0.278. The second kappa shape index (κ2) is 3.00. The lowest BCUT2D eigenvalue weighted by Gasteiger charge is -2.23. The van der Waals surface area contributed by atoms with Crippen LogP contribution in [-0.4, -0.2) is 0 Å². The van der Waals surface area contributed by atoms with Gasteiger partial charge in [-0.25, -0.2) is 4.39 Å². The fourth-order valence-electron chi connectivity index (χ4n) is 0.634. The molecule has 0 nitrogen and oxygen atoms in total. The van der Waals surface area contributed by atoms with E-state index in [-0.39, 0.29) is 11.2 Å². The van der Waals surface area contributed by atoms with E-state index in [0.29, 0.717) is 0 Å². The normalized spacial score (nSPS) is 11.6. The molecule has 0 saturated carbocycles. The van der Waals surface area contributed by atoms with Crippen LogP contribution in [-0.2, 0) is 0 Å². The van der Waals surface area contributed by atoms with Crippen LogP contribution in [0, 0.1) is 5.41 Å². The van der Waals surface area contributed by atoms with E-state index >= 15 is 0 Å². The molecule has 1 heteroatoms. The molecule has 0 N–H and O–H groups in total. The van der Waals surface area contributed by atoms with Crippen molar-refractivity contribution in [1.82, 2.24) is 0 Å². The highest BCUT2D eigenvalue weighted by atomic mass is 19.1. The maximum absolute atomic E-state index is 12.6. The summed E-state index contributed by atoms with van der Waals surface area (Å²) in [7, 11) is 0. The number of allylic oxidation sites excluding steroid dienone is 1. The second-order valence-corrected chi connectivity index (χ2v) is 2.67. The van der Waals surface area contributed by atoms with Gasteiger partial charge in [0.15, 0.2) is 0 Å². The molecule has 0 aromatic carbocycles. The summed E-state index contributed by atoms with van der Waals surface area (Å²) in [6, 6.07) is 0. The summed E-state index contributed by atoms with van der Waals surface area (Å²) in [4.78, 5) is 0. The van der Waals surface area contributed by atoms with Crippen molar-refractivity contribution < 1.29 is 4.39 Å². The van der Waals surface area contributed by atoms with Gasteiger partial charge in [-0.15, -0.1) is 0 Å². The smallest absolute Gasteiger partial charge is 0.0986 e. The summed E-state index contributed by atoms with van der Waals surface area (Å²) in [6.07, 6.45) is 1.66. The third kappa shape index (κ3) is 1.81. The van der Waals surface area contributed by atoms with Crippen molar-refractivity contribution in [1.29, 1.82) is 0 Å². The summed E-state index contributed by atoms with van der Waals surface area (Å²) in [5.41, 5.74) is -0.278. The van der Waals surface area contributed by atoms with E-state index in [9.17, 15) is 4.39 Å². The molecule has 0 heterocycles. The van der Waals surface area contributed by atoms with Crippen LogP contribution < -0.4 is 0 Å². The predicted molar refractivity (Wildman–Crippen MR) is 38.9 cm³/mol. The van der Waals surface area contributed by atoms with Crippen LogP contribution in [0.25, 0.3) is 0 Å². The molecule has 0 spiro atoms. The fraction of sp³-hybridized carbons (Fsp3) is 0.750. The van der Waals surface area contributed by atoms with E-state index in [1.54, 1.807) is 0 Å². The van der Waals surface area contributed by atoms with Gasteiger partial charge < -0.3 is 0 Å². The third-order valence-corrected chi connectivity index (χ3v) is 2.22. The first-order valence-corrected chi connectivity index (χ1v) is 3.41. The van der Waals surface area contributed by atoms with E-state index in [1.165, 1.54) is 0 Å². The molecular weight excluding hydrogens is 115 g/mol. The average molecular weight is 130 g/mol. The van der Waals surface area contributed by atoms with Crippen molar-refractivity contribution in [3.8, 4) is 0 Å². The zero-order chi connectivity index (χ0) is 7.49. The minimum Gasteiger partial charge on any atom is -0.212 e. The first-order valence-electron chi connectivity index (χ1n) is 3.41. The maximum atomic E-state index is 12.6. The van der Waals surface area contributed by atoms with E-state index < -0.39 is 0 Å². The van der Waals surface area contributed by atoms with Crippen LogP contribution in [0.4, 0.5) is 4.39 Å².